The fourth-order valence-corrected chi connectivity index (χ4v) is 2.77. The minimum Gasteiger partial charge on any atom is -0.496 e. The van der Waals surface area contributed by atoms with Gasteiger partial charge in [-0.1, -0.05) is 35.9 Å². The molecule has 2 amide bonds. The van der Waals surface area contributed by atoms with Crippen LogP contribution in [0.2, 0.25) is 5.02 Å². The lowest BCUT2D eigenvalue weighted by Crippen LogP contribution is -2.24. The topological polar surface area (TPSA) is 80.3 Å². The Balaban J connectivity index is 1.68. The first kappa shape index (κ1) is 19.4. The average Bonchev–Trinajstić information content (AvgIpc) is 2.72. The highest BCUT2D eigenvalue weighted by atomic mass is 35.5. The predicted molar refractivity (Wildman–Crippen MR) is 108 cm³/mol. The van der Waals surface area contributed by atoms with Crippen molar-refractivity contribution >= 4 is 29.1 Å². The quantitative estimate of drug-likeness (QED) is 0.662. The number of rotatable bonds is 6. The predicted octanol–water partition coefficient (Wildman–Crippen LogP) is 3.93. The maximum Gasteiger partial charge on any atom is 0.274 e. The van der Waals surface area contributed by atoms with Crippen molar-refractivity contribution in [3.8, 4) is 5.75 Å². The number of pyridine rings is 1. The molecule has 2 aromatic carbocycles. The Labute approximate surface area is 167 Å². The molecule has 0 atom stereocenters. The van der Waals surface area contributed by atoms with E-state index in [4.69, 9.17) is 16.3 Å². The summed E-state index contributed by atoms with van der Waals surface area (Å²) in [7, 11) is 1.58. The van der Waals surface area contributed by atoms with Gasteiger partial charge in [0.25, 0.3) is 11.8 Å². The van der Waals surface area contributed by atoms with Gasteiger partial charge in [-0.05, 0) is 36.4 Å². The minimum atomic E-state index is -0.429. The van der Waals surface area contributed by atoms with E-state index in [2.05, 4.69) is 15.6 Å². The van der Waals surface area contributed by atoms with Crippen LogP contribution in [0.15, 0.2) is 66.9 Å². The summed E-state index contributed by atoms with van der Waals surface area (Å²) in [6.45, 7) is 0.301. The SMILES string of the molecule is COc1ccccc1CNC(=O)c1ccnc(C(=O)Nc2cccc(Cl)c2)c1. The summed E-state index contributed by atoms with van der Waals surface area (Å²) in [5.74, 6) is -0.0501. The lowest BCUT2D eigenvalue weighted by atomic mass is 10.1. The zero-order valence-corrected chi connectivity index (χ0v) is 15.9. The largest absolute Gasteiger partial charge is 0.496 e. The standard InChI is InChI=1S/C21H18ClN3O3/c1-28-19-8-3-2-5-15(19)13-24-20(26)14-9-10-23-18(11-14)21(27)25-17-7-4-6-16(22)12-17/h2-12H,13H2,1H3,(H,24,26)(H,25,27). The van der Waals surface area contributed by atoms with Gasteiger partial charge in [-0.3, -0.25) is 14.6 Å². The van der Waals surface area contributed by atoms with E-state index in [1.807, 2.05) is 24.3 Å². The Morgan fingerprint density at radius 3 is 2.64 bits per heavy atom. The average molecular weight is 396 g/mol. The maximum atomic E-state index is 12.5. The second-order valence-electron chi connectivity index (χ2n) is 5.89. The third-order valence-corrected chi connectivity index (χ3v) is 4.20. The van der Waals surface area contributed by atoms with Gasteiger partial charge in [0.15, 0.2) is 0 Å². The number of aromatic nitrogens is 1. The van der Waals surface area contributed by atoms with Gasteiger partial charge in [0.2, 0.25) is 0 Å². The first-order valence-corrected chi connectivity index (χ1v) is 8.87. The van der Waals surface area contributed by atoms with Crippen molar-refractivity contribution in [3.63, 3.8) is 0 Å². The smallest absolute Gasteiger partial charge is 0.274 e. The number of halogens is 1. The van der Waals surface area contributed by atoms with Crippen LogP contribution >= 0.6 is 11.6 Å². The van der Waals surface area contributed by atoms with E-state index < -0.39 is 5.91 Å². The van der Waals surface area contributed by atoms with Crippen LogP contribution in [0.3, 0.4) is 0 Å². The number of ether oxygens (including phenoxy) is 1. The van der Waals surface area contributed by atoms with Gasteiger partial charge < -0.3 is 15.4 Å². The monoisotopic (exact) mass is 395 g/mol. The number of para-hydroxylation sites is 1. The van der Waals surface area contributed by atoms with Crippen molar-refractivity contribution in [2.75, 3.05) is 12.4 Å². The molecular weight excluding hydrogens is 378 g/mol. The molecule has 6 nitrogen and oxygen atoms in total. The maximum absolute atomic E-state index is 12.5. The van der Waals surface area contributed by atoms with E-state index in [-0.39, 0.29) is 11.6 Å². The van der Waals surface area contributed by atoms with Gasteiger partial charge in [0.1, 0.15) is 11.4 Å². The molecule has 1 heterocycles. The Kier molecular flexibility index (Phi) is 6.24. The molecule has 0 fully saturated rings. The Morgan fingerprint density at radius 1 is 1.04 bits per heavy atom. The molecule has 2 N–H and O–H groups in total. The summed E-state index contributed by atoms with van der Waals surface area (Å²) < 4.78 is 5.28. The summed E-state index contributed by atoms with van der Waals surface area (Å²) in [5.41, 5.74) is 1.86. The van der Waals surface area contributed by atoms with Gasteiger partial charge in [0, 0.05) is 34.6 Å². The highest BCUT2D eigenvalue weighted by Crippen LogP contribution is 2.17. The van der Waals surface area contributed by atoms with Crippen molar-refractivity contribution in [1.82, 2.24) is 10.3 Å². The number of hydrogen-bond donors (Lipinski definition) is 2. The number of benzene rings is 2. The molecule has 142 valence electrons. The van der Waals surface area contributed by atoms with E-state index in [0.717, 1.165) is 5.56 Å². The van der Waals surface area contributed by atoms with Gasteiger partial charge in [-0.25, -0.2) is 0 Å². The third kappa shape index (κ3) is 4.86. The Bertz CT molecular complexity index is 1010. The van der Waals surface area contributed by atoms with Gasteiger partial charge in [-0.15, -0.1) is 0 Å². The van der Waals surface area contributed by atoms with Crippen molar-refractivity contribution in [2.45, 2.75) is 6.54 Å². The van der Waals surface area contributed by atoms with E-state index in [9.17, 15) is 9.59 Å². The summed E-state index contributed by atoms with van der Waals surface area (Å²) in [6.07, 6.45) is 1.42. The molecule has 0 saturated heterocycles. The van der Waals surface area contributed by atoms with E-state index in [1.54, 1.807) is 37.4 Å². The summed E-state index contributed by atoms with van der Waals surface area (Å²) in [4.78, 5) is 28.9. The molecule has 1 aromatic heterocycles. The molecule has 0 radical (unpaired) electrons. The number of methoxy groups -OCH3 is 1. The number of anilines is 1. The molecule has 0 spiro atoms. The second-order valence-corrected chi connectivity index (χ2v) is 6.33. The van der Waals surface area contributed by atoms with E-state index >= 15 is 0 Å². The van der Waals surface area contributed by atoms with Crippen LogP contribution in [0.25, 0.3) is 0 Å². The fourth-order valence-electron chi connectivity index (χ4n) is 2.58. The van der Waals surface area contributed by atoms with Crippen molar-refractivity contribution < 1.29 is 14.3 Å². The molecule has 0 saturated carbocycles. The number of amides is 2. The Hall–Kier alpha value is -3.38. The first-order valence-electron chi connectivity index (χ1n) is 8.50. The van der Waals surface area contributed by atoms with Crippen LogP contribution in [0, 0.1) is 0 Å². The molecular formula is C21H18ClN3O3. The number of nitrogens with one attached hydrogen (secondary N) is 2. The Morgan fingerprint density at radius 2 is 1.86 bits per heavy atom. The van der Waals surface area contributed by atoms with Gasteiger partial charge in [0.05, 0.1) is 7.11 Å². The van der Waals surface area contributed by atoms with Crippen LogP contribution in [-0.4, -0.2) is 23.9 Å². The molecule has 0 aliphatic heterocycles. The third-order valence-electron chi connectivity index (χ3n) is 3.97. The van der Waals surface area contributed by atoms with Gasteiger partial charge >= 0.3 is 0 Å². The highest BCUT2D eigenvalue weighted by molar-refractivity contribution is 6.30. The highest BCUT2D eigenvalue weighted by Gasteiger charge is 2.13. The van der Waals surface area contributed by atoms with Crippen LogP contribution in [-0.2, 0) is 6.54 Å². The zero-order chi connectivity index (χ0) is 19.9. The van der Waals surface area contributed by atoms with Crippen molar-refractivity contribution in [2.24, 2.45) is 0 Å². The van der Waals surface area contributed by atoms with Crippen LogP contribution in [0.1, 0.15) is 26.4 Å². The lowest BCUT2D eigenvalue weighted by Gasteiger charge is -2.10. The molecule has 0 aliphatic rings. The molecule has 7 heteroatoms. The molecule has 28 heavy (non-hydrogen) atoms. The number of carbonyl (C=O) groups excluding carboxylic acids is 2. The summed E-state index contributed by atoms with van der Waals surface area (Å²) in [5, 5.41) is 6.03. The molecule has 3 aromatic rings. The number of hydrogen-bond acceptors (Lipinski definition) is 4. The van der Waals surface area contributed by atoms with Gasteiger partial charge in [-0.2, -0.15) is 0 Å². The molecule has 0 bridgehead atoms. The van der Waals surface area contributed by atoms with Crippen LogP contribution in [0.5, 0.6) is 5.75 Å². The summed E-state index contributed by atoms with van der Waals surface area (Å²) >= 11 is 5.92. The number of nitrogens with zero attached hydrogens (tertiary/aromatic N) is 1. The fraction of sp³-hybridized carbons (Fsp3) is 0.0952. The van der Waals surface area contributed by atoms with E-state index in [0.29, 0.717) is 28.6 Å². The van der Waals surface area contributed by atoms with E-state index in [1.165, 1.54) is 12.3 Å². The lowest BCUT2D eigenvalue weighted by molar-refractivity contribution is 0.0950. The molecule has 0 unspecified atom stereocenters. The minimum absolute atomic E-state index is 0.130. The normalized spacial score (nSPS) is 10.2. The molecule has 0 aliphatic carbocycles. The zero-order valence-electron chi connectivity index (χ0n) is 15.1. The second kappa shape index (κ2) is 9.01. The molecule has 3 rings (SSSR count). The van der Waals surface area contributed by atoms with Crippen molar-refractivity contribution in [1.29, 1.82) is 0 Å². The van der Waals surface area contributed by atoms with Crippen LogP contribution < -0.4 is 15.4 Å². The first-order chi connectivity index (χ1) is 13.6. The van der Waals surface area contributed by atoms with Crippen LogP contribution in [0.4, 0.5) is 5.69 Å². The number of carbonyl (C=O) groups is 2. The summed E-state index contributed by atoms with van der Waals surface area (Å²) in [6, 6.07) is 17.2. The van der Waals surface area contributed by atoms with Crippen molar-refractivity contribution in [3.05, 3.63) is 88.7 Å².